The number of hydrogen-bond acceptors (Lipinski definition) is 12. The quantitative estimate of drug-likeness (QED) is 0.149. The van der Waals surface area contributed by atoms with Crippen molar-refractivity contribution in [2.24, 2.45) is 17.8 Å². The molecule has 4 saturated heterocycles. The first kappa shape index (κ1) is 43.8. The molecule has 2 atom stereocenters. The molecule has 0 bridgehead atoms. The van der Waals surface area contributed by atoms with E-state index < -0.39 is 12.4 Å². The van der Waals surface area contributed by atoms with E-state index in [2.05, 4.69) is 69.2 Å². The van der Waals surface area contributed by atoms with Crippen molar-refractivity contribution in [1.29, 1.82) is 5.26 Å². The highest BCUT2D eigenvalue weighted by Gasteiger charge is 2.42. The third kappa shape index (κ3) is 9.23. The van der Waals surface area contributed by atoms with Gasteiger partial charge in [0, 0.05) is 68.5 Å². The van der Waals surface area contributed by atoms with Crippen molar-refractivity contribution in [1.82, 2.24) is 20.2 Å². The predicted octanol–water partition coefficient (Wildman–Crippen LogP) is 7.09. The number of ether oxygens (including phenoxy) is 1. The Morgan fingerprint density at radius 3 is 2.25 bits per heavy atom. The average molecular weight is 887 g/mol. The fourth-order valence-electron chi connectivity index (χ4n) is 10.8. The Morgan fingerprint density at radius 2 is 1.55 bits per heavy atom. The van der Waals surface area contributed by atoms with Gasteiger partial charge in [-0.2, -0.15) is 5.26 Å². The number of nitrogens with one attached hydrogen (secondary N) is 1. The van der Waals surface area contributed by atoms with Crippen LogP contribution in [0.5, 0.6) is 5.75 Å². The highest BCUT2D eigenvalue weighted by Crippen LogP contribution is 2.44. The maximum atomic E-state index is 12.7. The van der Waals surface area contributed by atoms with Gasteiger partial charge in [-0.1, -0.05) is 37.6 Å². The number of likely N-dealkylation sites (tertiary alicyclic amines) is 1. The average Bonchev–Trinajstić information content (AvgIpc) is 3.56. The summed E-state index contributed by atoms with van der Waals surface area (Å²) < 4.78 is 6.17. The van der Waals surface area contributed by atoms with Gasteiger partial charge >= 0.3 is 0 Å². The highest BCUT2D eigenvalue weighted by molar-refractivity contribution is 6.30. The lowest BCUT2D eigenvalue weighted by molar-refractivity contribution is -0.134. The van der Waals surface area contributed by atoms with E-state index in [1.54, 1.807) is 11.0 Å². The zero-order valence-corrected chi connectivity index (χ0v) is 38.0. The van der Waals surface area contributed by atoms with E-state index in [4.69, 9.17) is 21.3 Å². The largest absolute Gasteiger partial charge is 0.487 e. The predicted molar refractivity (Wildman–Crippen MR) is 250 cm³/mol. The fraction of sp³-hybridized carbons (Fsp3) is 0.500. The minimum absolute atomic E-state index is 0.256. The molecule has 4 fully saturated rings. The van der Waals surface area contributed by atoms with E-state index in [-0.39, 0.29) is 23.7 Å². The van der Waals surface area contributed by atoms with Crippen molar-refractivity contribution in [2.45, 2.75) is 89.6 Å². The molecule has 13 nitrogen and oxygen atoms in total. The Morgan fingerprint density at radius 1 is 0.844 bits per heavy atom. The van der Waals surface area contributed by atoms with Gasteiger partial charge in [0.25, 0.3) is 0 Å². The number of hydrogen-bond donors (Lipinski definition) is 2. The van der Waals surface area contributed by atoms with Crippen molar-refractivity contribution < 1.29 is 19.4 Å². The molecule has 0 aliphatic carbocycles. The van der Waals surface area contributed by atoms with Gasteiger partial charge in [0.15, 0.2) is 0 Å². The first-order valence-electron chi connectivity index (χ1n) is 23.1. The van der Waals surface area contributed by atoms with Crippen molar-refractivity contribution in [3.8, 4) is 11.8 Å². The molecular formula is C50H60ClN9O4. The second kappa shape index (κ2) is 18.6. The summed E-state index contributed by atoms with van der Waals surface area (Å²) in [6.45, 7) is 12.1. The first-order valence-corrected chi connectivity index (χ1v) is 23.5. The molecule has 5 aliphatic heterocycles. The van der Waals surface area contributed by atoms with E-state index in [9.17, 15) is 20.0 Å². The molecule has 5 aliphatic rings. The lowest BCUT2D eigenvalue weighted by Crippen LogP contribution is -2.56. The molecule has 0 radical (unpaired) electrons. The number of amides is 2. The summed E-state index contributed by atoms with van der Waals surface area (Å²) in [5.41, 5.74) is 6.05. The second-order valence-electron chi connectivity index (χ2n) is 19.0. The van der Waals surface area contributed by atoms with Crippen LogP contribution in [0.2, 0.25) is 5.02 Å². The Bertz CT molecular complexity index is 2370. The van der Waals surface area contributed by atoms with E-state index in [0.29, 0.717) is 29.5 Å². The number of nitrogens with zero attached hydrogens (tertiary/aromatic N) is 8. The molecular weight excluding hydrogens is 826 g/mol. The molecule has 0 saturated carbocycles. The number of anilines is 4. The number of piperidine rings is 4. The summed E-state index contributed by atoms with van der Waals surface area (Å²) in [5.74, 6) is 3.16. The third-order valence-electron chi connectivity index (χ3n) is 14.8. The molecule has 4 aromatic rings. The van der Waals surface area contributed by atoms with Gasteiger partial charge in [0.05, 0.1) is 28.7 Å². The lowest BCUT2D eigenvalue weighted by Gasteiger charge is -2.42. The first-order chi connectivity index (χ1) is 30.9. The van der Waals surface area contributed by atoms with Crippen LogP contribution in [-0.4, -0.2) is 97.0 Å². The van der Waals surface area contributed by atoms with Crippen molar-refractivity contribution in [3.05, 3.63) is 100 Å². The summed E-state index contributed by atoms with van der Waals surface area (Å²) in [5, 5.41) is 23.5. The SMILES string of the molecule is CN1c2cc(N3CCC(C4CCN(CC5CCN(c6nccc(COc7ccc(C(C)(C)c8cc(Cl)cc(C#N)c8)cc7)n6)CC5)CC4)CC3)ccc2N(C2CCC(=O)NC2=O)C1O. The summed E-state index contributed by atoms with van der Waals surface area (Å²) in [7, 11) is 1.86. The maximum Gasteiger partial charge on any atom is 0.249 e. The van der Waals surface area contributed by atoms with Gasteiger partial charge in [-0.25, -0.2) is 9.97 Å². The van der Waals surface area contributed by atoms with Gasteiger partial charge in [-0.05, 0) is 142 Å². The van der Waals surface area contributed by atoms with Crippen LogP contribution in [0.3, 0.4) is 0 Å². The number of imide groups is 1. The standard InChI is InChI=1S/C50H60ClN9O4/c1-50(2,38-26-34(30-52)27-39(51)28-38)37-4-7-42(8-5-37)64-32-40-12-19-53-48(54-40)59-22-13-33(14-23-59)31-57-20-15-35(16-21-57)36-17-24-58(25-18-36)41-6-9-43-45(29-41)56(3)49(63)60(43)44-10-11-46(61)55-47(44)62/h4-9,12,19,26-29,33,35-36,44,49,63H,10-11,13-18,20-25,31-32H2,1-3H3,(H,55,61,62). The molecule has 336 valence electrons. The molecule has 14 heteroatoms. The number of aliphatic hydroxyl groups excluding tert-OH is 1. The number of aromatic nitrogens is 2. The van der Waals surface area contributed by atoms with Gasteiger partial charge in [-0.3, -0.25) is 14.9 Å². The Balaban J connectivity index is 0.699. The van der Waals surface area contributed by atoms with Crippen molar-refractivity contribution in [2.75, 3.05) is 72.5 Å². The molecule has 0 spiro atoms. The van der Waals surface area contributed by atoms with Crippen LogP contribution in [-0.2, 0) is 21.6 Å². The minimum Gasteiger partial charge on any atom is -0.487 e. The van der Waals surface area contributed by atoms with Crippen LogP contribution in [0.15, 0.2) is 72.9 Å². The van der Waals surface area contributed by atoms with Gasteiger partial charge in [-0.15, -0.1) is 0 Å². The number of rotatable bonds is 11. The fourth-order valence-corrected chi connectivity index (χ4v) is 11.0. The molecule has 64 heavy (non-hydrogen) atoms. The van der Waals surface area contributed by atoms with Gasteiger partial charge in [0.2, 0.25) is 24.1 Å². The van der Waals surface area contributed by atoms with Crippen LogP contribution in [0.4, 0.5) is 23.0 Å². The highest BCUT2D eigenvalue weighted by atomic mass is 35.5. The number of carbonyl (C=O) groups excluding carboxylic acids is 2. The molecule has 1 aromatic heterocycles. The van der Waals surface area contributed by atoms with Crippen LogP contribution >= 0.6 is 11.6 Å². The normalized spacial score (nSPS) is 21.8. The number of aliphatic hydroxyl groups is 1. The number of carbonyl (C=O) groups is 2. The van der Waals surface area contributed by atoms with Crippen LogP contribution in [0.25, 0.3) is 0 Å². The molecule has 2 unspecified atom stereocenters. The van der Waals surface area contributed by atoms with E-state index in [1.165, 1.54) is 45.3 Å². The number of benzene rings is 3. The zero-order valence-electron chi connectivity index (χ0n) is 37.3. The zero-order chi connectivity index (χ0) is 44.5. The summed E-state index contributed by atoms with van der Waals surface area (Å²) >= 11 is 6.32. The topological polar surface area (TPSA) is 141 Å². The molecule has 3 aromatic carbocycles. The monoisotopic (exact) mass is 885 g/mol. The van der Waals surface area contributed by atoms with Crippen LogP contribution in [0, 0.1) is 29.1 Å². The maximum absolute atomic E-state index is 12.7. The lowest BCUT2D eigenvalue weighted by atomic mass is 9.78. The molecule has 9 rings (SSSR count). The Kier molecular flexibility index (Phi) is 12.7. The van der Waals surface area contributed by atoms with Gasteiger partial charge < -0.3 is 34.3 Å². The molecule has 2 N–H and O–H groups in total. The smallest absolute Gasteiger partial charge is 0.249 e. The third-order valence-corrected chi connectivity index (χ3v) is 15.0. The van der Waals surface area contributed by atoms with Crippen molar-refractivity contribution in [3.63, 3.8) is 0 Å². The van der Waals surface area contributed by atoms with E-state index in [1.807, 2.05) is 54.5 Å². The number of halogens is 1. The van der Waals surface area contributed by atoms with E-state index in [0.717, 1.165) is 96.4 Å². The second-order valence-corrected chi connectivity index (χ2v) is 19.5. The number of nitriles is 1. The van der Waals surface area contributed by atoms with Gasteiger partial charge in [0.1, 0.15) is 18.4 Å². The van der Waals surface area contributed by atoms with Crippen molar-refractivity contribution >= 4 is 46.4 Å². The summed E-state index contributed by atoms with van der Waals surface area (Å²) in [4.78, 5) is 45.0. The molecule has 6 heterocycles. The molecule has 2 amide bonds. The summed E-state index contributed by atoms with van der Waals surface area (Å²) in [6.07, 6.45) is 8.78. The Hall–Kier alpha value is -5.42. The van der Waals surface area contributed by atoms with E-state index >= 15 is 0 Å². The van der Waals surface area contributed by atoms with Crippen LogP contribution < -0.4 is 29.7 Å². The van der Waals surface area contributed by atoms with Crippen LogP contribution in [0.1, 0.15) is 87.6 Å². The summed E-state index contributed by atoms with van der Waals surface area (Å²) in [6, 6.07) is 23.5. The number of fused-ring (bicyclic) bond motifs is 1. The minimum atomic E-state index is -0.955. The Labute approximate surface area is 382 Å².